The van der Waals surface area contributed by atoms with Gasteiger partial charge >= 0.3 is 11.9 Å². The Labute approximate surface area is 116 Å². The van der Waals surface area contributed by atoms with Crippen LogP contribution in [-0.2, 0) is 9.59 Å². The Morgan fingerprint density at radius 2 is 1.75 bits per heavy atom. The number of rotatable bonds is 8. The lowest BCUT2D eigenvalue weighted by Crippen LogP contribution is -2.26. The second-order valence-electron chi connectivity index (χ2n) is 4.74. The molecule has 0 radical (unpaired) electrons. The van der Waals surface area contributed by atoms with E-state index in [0.717, 1.165) is 0 Å². The van der Waals surface area contributed by atoms with E-state index in [1.165, 1.54) is 13.8 Å². The van der Waals surface area contributed by atoms with Crippen LogP contribution in [0.3, 0.4) is 0 Å². The van der Waals surface area contributed by atoms with Crippen LogP contribution >= 0.6 is 0 Å². The number of carboxylic acids is 2. The summed E-state index contributed by atoms with van der Waals surface area (Å²) >= 11 is 0. The number of carboxylic acid groups (broad SMARTS) is 2. The fourth-order valence-electron chi connectivity index (χ4n) is 1.17. The predicted molar refractivity (Wildman–Crippen MR) is 66.6 cm³/mol. The molecule has 0 saturated heterocycles. The summed E-state index contributed by atoms with van der Waals surface area (Å²) in [5, 5.41) is 42.6. The van der Waals surface area contributed by atoms with Crippen LogP contribution < -0.4 is 0 Å². The molecule has 0 rings (SSSR count). The largest absolute Gasteiger partial charge is 0.481 e. The van der Waals surface area contributed by atoms with Gasteiger partial charge < -0.3 is 10.2 Å². The minimum atomic E-state index is -1.55. The minimum Gasteiger partial charge on any atom is -0.481 e. The molecule has 0 amide bonds. The van der Waals surface area contributed by atoms with E-state index < -0.39 is 22.9 Å². The van der Waals surface area contributed by atoms with Gasteiger partial charge in [-0.25, -0.2) is 0 Å². The highest BCUT2D eigenvalue weighted by atomic mass is 16.4. The van der Waals surface area contributed by atoms with E-state index in [2.05, 4.69) is 10.2 Å². The first-order valence-corrected chi connectivity index (χ1v) is 5.85. The predicted octanol–water partition coefficient (Wildman–Crippen LogP) is 1.59. The molecule has 2 atom stereocenters. The molecule has 0 aromatic rings. The third-order valence-electron chi connectivity index (χ3n) is 2.79. The Bertz CT molecular complexity index is 491. The van der Waals surface area contributed by atoms with Crippen LogP contribution in [-0.4, -0.2) is 34.2 Å². The summed E-state index contributed by atoms with van der Waals surface area (Å²) in [6, 6.07) is 3.55. The normalized spacial score (nSPS) is 16.6. The lowest BCUT2D eigenvalue weighted by Gasteiger charge is -2.15. The standard InChI is InChI=1S/C12H16N4O4/c1-11(7-13,10(19)20)5-6-15-16-12(2,8-14)4-3-9(17)18/h3-6H2,1-2H3,(H,17,18)(H,19,20)/b16-15-. The van der Waals surface area contributed by atoms with E-state index in [0.29, 0.717) is 0 Å². The molecular formula is C12H16N4O4. The Balaban J connectivity index is 4.56. The van der Waals surface area contributed by atoms with E-state index in [9.17, 15) is 9.59 Å². The second kappa shape index (κ2) is 7.19. The first kappa shape index (κ1) is 17.5. The van der Waals surface area contributed by atoms with Crippen LogP contribution in [0.2, 0.25) is 0 Å². The van der Waals surface area contributed by atoms with Crippen molar-refractivity contribution in [3.05, 3.63) is 0 Å². The summed E-state index contributed by atoms with van der Waals surface area (Å²) in [5.74, 6) is -2.28. The zero-order valence-corrected chi connectivity index (χ0v) is 11.3. The number of azo groups is 1. The van der Waals surface area contributed by atoms with Gasteiger partial charge in [-0.05, 0) is 26.7 Å². The van der Waals surface area contributed by atoms with Crippen molar-refractivity contribution < 1.29 is 19.8 Å². The number of hydrogen-bond acceptors (Lipinski definition) is 6. The van der Waals surface area contributed by atoms with Crippen molar-refractivity contribution in [3.63, 3.8) is 0 Å². The van der Waals surface area contributed by atoms with Crippen LogP contribution in [0.15, 0.2) is 10.2 Å². The topological polar surface area (TPSA) is 147 Å². The van der Waals surface area contributed by atoms with E-state index in [1.807, 2.05) is 6.07 Å². The number of carbonyl (C=O) groups is 2. The summed E-state index contributed by atoms with van der Waals surface area (Å²) in [6.07, 6.45) is -0.242. The van der Waals surface area contributed by atoms with Crippen molar-refractivity contribution in [3.8, 4) is 12.1 Å². The molecule has 0 bridgehead atoms. The Morgan fingerprint density at radius 1 is 1.15 bits per heavy atom. The van der Waals surface area contributed by atoms with Gasteiger partial charge in [0.2, 0.25) is 0 Å². The van der Waals surface area contributed by atoms with Crippen molar-refractivity contribution in [2.24, 2.45) is 15.6 Å². The fourth-order valence-corrected chi connectivity index (χ4v) is 1.17. The molecule has 0 fully saturated rings. The van der Waals surface area contributed by atoms with Gasteiger partial charge in [0.25, 0.3) is 0 Å². The first-order valence-electron chi connectivity index (χ1n) is 5.85. The maximum atomic E-state index is 10.9. The molecule has 0 heterocycles. The summed E-state index contributed by atoms with van der Waals surface area (Å²) in [7, 11) is 0. The lowest BCUT2D eigenvalue weighted by molar-refractivity contribution is -0.145. The maximum absolute atomic E-state index is 10.9. The van der Waals surface area contributed by atoms with Crippen LogP contribution in [0.4, 0.5) is 0 Å². The minimum absolute atomic E-state index is 0.0107. The smallest absolute Gasteiger partial charge is 0.323 e. The third kappa shape index (κ3) is 5.44. The zero-order chi connectivity index (χ0) is 15.8. The molecule has 2 unspecified atom stereocenters. The van der Waals surface area contributed by atoms with Crippen molar-refractivity contribution in [1.82, 2.24) is 0 Å². The number of hydrogen-bond donors (Lipinski definition) is 2. The molecule has 2 N–H and O–H groups in total. The average Bonchev–Trinajstić information content (AvgIpc) is 2.41. The highest BCUT2D eigenvalue weighted by Crippen LogP contribution is 2.22. The lowest BCUT2D eigenvalue weighted by atomic mass is 9.89. The van der Waals surface area contributed by atoms with Gasteiger partial charge in [0.1, 0.15) is 0 Å². The van der Waals surface area contributed by atoms with Crippen LogP contribution in [0.25, 0.3) is 0 Å². The zero-order valence-electron chi connectivity index (χ0n) is 11.3. The SMILES string of the molecule is CC(C#N)(CCC(=O)O)/N=N\CCC(C)(C#N)C(=O)O. The highest BCUT2D eigenvalue weighted by molar-refractivity contribution is 5.77. The Hall–Kier alpha value is -2.48. The molecule has 108 valence electrons. The van der Waals surface area contributed by atoms with Crippen molar-refractivity contribution in [2.45, 2.75) is 38.6 Å². The van der Waals surface area contributed by atoms with E-state index in [-0.39, 0.29) is 25.8 Å². The molecule has 0 saturated carbocycles. The fraction of sp³-hybridized carbons (Fsp3) is 0.667. The van der Waals surface area contributed by atoms with Crippen LogP contribution in [0.1, 0.15) is 33.1 Å². The van der Waals surface area contributed by atoms with E-state index in [1.54, 1.807) is 6.07 Å². The highest BCUT2D eigenvalue weighted by Gasteiger charge is 2.32. The van der Waals surface area contributed by atoms with Crippen molar-refractivity contribution in [2.75, 3.05) is 6.54 Å². The average molecular weight is 280 g/mol. The molecule has 0 spiro atoms. The Kier molecular flexibility index (Phi) is 6.30. The third-order valence-corrected chi connectivity index (χ3v) is 2.79. The van der Waals surface area contributed by atoms with Gasteiger partial charge in [-0.2, -0.15) is 20.8 Å². The molecule has 0 aliphatic heterocycles. The van der Waals surface area contributed by atoms with Gasteiger partial charge in [0.15, 0.2) is 11.0 Å². The van der Waals surface area contributed by atoms with Crippen LogP contribution in [0, 0.1) is 28.1 Å². The summed E-state index contributed by atoms with van der Waals surface area (Å²) in [4.78, 5) is 21.3. The summed E-state index contributed by atoms with van der Waals surface area (Å²) < 4.78 is 0. The monoisotopic (exact) mass is 280 g/mol. The number of aliphatic carboxylic acids is 2. The molecule has 8 nitrogen and oxygen atoms in total. The molecule has 0 aliphatic rings. The van der Waals surface area contributed by atoms with Crippen molar-refractivity contribution in [1.29, 1.82) is 10.5 Å². The second-order valence-corrected chi connectivity index (χ2v) is 4.74. The quantitative estimate of drug-likeness (QED) is 0.645. The van der Waals surface area contributed by atoms with Gasteiger partial charge in [0, 0.05) is 6.42 Å². The molecule has 0 aromatic heterocycles. The molecule has 0 aliphatic carbocycles. The number of nitrogens with zero attached hydrogens (tertiary/aromatic N) is 4. The molecule has 20 heavy (non-hydrogen) atoms. The Morgan fingerprint density at radius 3 is 2.15 bits per heavy atom. The number of nitriles is 2. The summed E-state index contributed by atoms with van der Waals surface area (Å²) in [5.41, 5.74) is -2.81. The molecule has 8 heteroatoms. The van der Waals surface area contributed by atoms with Gasteiger partial charge in [-0.15, -0.1) is 0 Å². The van der Waals surface area contributed by atoms with Crippen molar-refractivity contribution >= 4 is 11.9 Å². The van der Waals surface area contributed by atoms with Gasteiger partial charge in [-0.1, -0.05) is 0 Å². The van der Waals surface area contributed by atoms with E-state index >= 15 is 0 Å². The molecular weight excluding hydrogens is 264 g/mol. The van der Waals surface area contributed by atoms with Gasteiger partial charge in [-0.3, -0.25) is 9.59 Å². The first-order chi connectivity index (χ1) is 9.19. The van der Waals surface area contributed by atoms with Gasteiger partial charge in [0.05, 0.1) is 18.7 Å². The van der Waals surface area contributed by atoms with E-state index in [4.69, 9.17) is 20.7 Å². The maximum Gasteiger partial charge on any atom is 0.323 e. The van der Waals surface area contributed by atoms with Crippen LogP contribution in [0.5, 0.6) is 0 Å². The molecule has 0 aromatic carbocycles. The summed E-state index contributed by atoms with van der Waals surface area (Å²) in [6.45, 7) is 2.69.